The molecule has 1 rings (SSSR count). The Balaban J connectivity index is 0.000000288. The van der Waals surface area contributed by atoms with Crippen LogP contribution in [0.25, 0.3) is 0 Å². The van der Waals surface area contributed by atoms with Crippen molar-refractivity contribution in [3.05, 3.63) is 0 Å². The summed E-state index contributed by atoms with van der Waals surface area (Å²) in [4.78, 5) is 0. The van der Waals surface area contributed by atoms with E-state index < -0.39 is 0 Å². The lowest BCUT2D eigenvalue weighted by molar-refractivity contribution is -0.370. The van der Waals surface area contributed by atoms with Crippen LogP contribution in [0.1, 0.15) is 45.4 Å². The van der Waals surface area contributed by atoms with Crippen molar-refractivity contribution in [1.29, 1.82) is 0 Å². The van der Waals surface area contributed by atoms with Gasteiger partial charge in [0.25, 0.3) is 0 Å². The molecular formula is C11H24N2S2. The number of quaternary nitrogens is 1. The Morgan fingerprint density at radius 2 is 2.00 bits per heavy atom. The fraction of sp³-hybridized carbons (Fsp3) is 0.909. The van der Waals surface area contributed by atoms with E-state index in [1.807, 2.05) is 6.92 Å². The Morgan fingerprint density at radius 1 is 1.40 bits per heavy atom. The molecular weight excluding hydrogens is 224 g/mol. The molecule has 0 spiro atoms. The molecule has 4 N–H and O–H groups in total. The van der Waals surface area contributed by atoms with Crippen molar-refractivity contribution in [3.8, 4) is 0 Å². The molecule has 15 heavy (non-hydrogen) atoms. The Labute approximate surface area is 105 Å². The summed E-state index contributed by atoms with van der Waals surface area (Å²) >= 11 is 9.00. The molecule has 0 saturated heterocycles. The fourth-order valence-corrected chi connectivity index (χ4v) is 2.20. The van der Waals surface area contributed by atoms with E-state index in [4.69, 9.17) is 0 Å². The molecule has 1 aliphatic carbocycles. The maximum atomic E-state index is 4.50. The monoisotopic (exact) mass is 248 g/mol. The van der Waals surface area contributed by atoms with E-state index in [2.05, 4.69) is 35.9 Å². The van der Waals surface area contributed by atoms with Crippen molar-refractivity contribution in [2.75, 3.05) is 13.1 Å². The van der Waals surface area contributed by atoms with Gasteiger partial charge in [-0.05, 0) is 19.3 Å². The van der Waals surface area contributed by atoms with Crippen molar-refractivity contribution >= 4 is 29.2 Å². The molecule has 0 heterocycles. The van der Waals surface area contributed by atoms with Crippen LogP contribution in [0.5, 0.6) is 0 Å². The van der Waals surface area contributed by atoms with Gasteiger partial charge in [0, 0.05) is 6.54 Å². The summed E-state index contributed by atoms with van der Waals surface area (Å²) in [6, 6.07) is 0. The molecule has 1 aliphatic rings. The molecule has 0 aromatic rings. The van der Waals surface area contributed by atoms with E-state index in [0.717, 1.165) is 19.0 Å². The van der Waals surface area contributed by atoms with E-state index in [1.165, 1.54) is 38.5 Å². The minimum atomic E-state index is 0.456. The van der Waals surface area contributed by atoms with Gasteiger partial charge in [-0.15, -0.1) is 0 Å². The van der Waals surface area contributed by atoms with Crippen LogP contribution in [-0.2, 0) is 12.6 Å². The second-order valence-corrected chi connectivity index (χ2v) is 5.04. The van der Waals surface area contributed by atoms with E-state index in [1.54, 1.807) is 0 Å². The van der Waals surface area contributed by atoms with Gasteiger partial charge in [-0.3, -0.25) is 0 Å². The minimum absolute atomic E-state index is 0.456. The van der Waals surface area contributed by atoms with Gasteiger partial charge in [0.1, 0.15) is 0 Å². The van der Waals surface area contributed by atoms with Gasteiger partial charge < -0.3 is 35.9 Å². The highest BCUT2D eigenvalue weighted by Crippen LogP contribution is 2.25. The smallest absolute Gasteiger partial charge is 0.0742 e. The summed E-state index contributed by atoms with van der Waals surface area (Å²) in [5.74, 6) is 1.04. The lowest BCUT2D eigenvalue weighted by Gasteiger charge is -2.19. The average Bonchev–Trinajstić information content (AvgIpc) is 2.20. The van der Waals surface area contributed by atoms with Crippen LogP contribution in [0.2, 0.25) is 0 Å². The van der Waals surface area contributed by atoms with Gasteiger partial charge in [0.05, 0.1) is 6.54 Å². The molecule has 0 unspecified atom stereocenters. The lowest BCUT2D eigenvalue weighted by Crippen LogP contribution is -2.50. The summed E-state index contributed by atoms with van der Waals surface area (Å²) in [5, 5.41) is 2.75. The number of rotatable bonds is 3. The molecule has 0 atom stereocenters. The highest BCUT2D eigenvalue weighted by Gasteiger charge is 2.11. The summed E-state index contributed by atoms with van der Waals surface area (Å²) in [5.41, 5.74) is 3.88. The molecule has 0 bridgehead atoms. The first-order valence-corrected chi connectivity index (χ1v) is 6.76. The third kappa shape index (κ3) is 10.4. The van der Waals surface area contributed by atoms with Crippen LogP contribution in [0.15, 0.2) is 0 Å². The number of thiocarbonyl (C=S) groups is 1. The molecule has 1 saturated carbocycles. The Morgan fingerprint density at radius 3 is 2.33 bits per heavy atom. The van der Waals surface area contributed by atoms with Gasteiger partial charge in [0.15, 0.2) is 0 Å². The standard InChI is InChI=1S/C8H17N.C3H7NS2/c9-7-6-8-4-2-1-3-5-8;1-2-4-3(5)6/h8H,1-7,9H2;2H2,1H3,(H2,4,5,6). The quantitative estimate of drug-likeness (QED) is 0.589. The largest absolute Gasteiger partial charge is 0.412 e. The third-order valence-electron chi connectivity index (χ3n) is 2.66. The molecule has 4 heteroatoms. The van der Waals surface area contributed by atoms with E-state index >= 15 is 0 Å². The molecule has 2 nitrogen and oxygen atoms in total. The number of hydrogen-bond donors (Lipinski definition) is 2. The first kappa shape index (κ1) is 15.1. The summed E-state index contributed by atoms with van der Waals surface area (Å²) in [6.45, 7) is 3.94. The maximum Gasteiger partial charge on any atom is 0.0742 e. The fourth-order valence-electron chi connectivity index (χ4n) is 1.91. The van der Waals surface area contributed by atoms with E-state index in [-0.39, 0.29) is 0 Å². The zero-order chi connectivity index (χ0) is 11.5. The third-order valence-corrected chi connectivity index (χ3v) is 2.95. The van der Waals surface area contributed by atoms with Crippen LogP contribution < -0.4 is 11.1 Å². The van der Waals surface area contributed by atoms with Gasteiger partial charge in [-0.1, -0.05) is 36.4 Å². The van der Waals surface area contributed by atoms with Crippen molar-refractivity contribution in [2.45, 2.75) is 45.4 Å². The van der Waals surface area contributed by atoms with Crippen molar-refractivity contribution in [1.82, 2.24) is 5.32 Å². The summed E-state index contributed by atoms with van der Waals surface area (Å²) < 4.78 is 0.456. The van der Waals surface area contributed by atoms with Crippen molar-refractivity contribution in [2.24, 2.45) is 5.92 Å². The molecule has 1 fully saturated rings. The normalized spacial score (nSPS) is 16.4. The highest BCUT2D eigenvalue weighted by molar-refractivity contribution is 8.00. The SMILES string of the molecule is CCNC(=S)[S-].[NH3+]CCC1CCCCC1. The van der Waals surface area contributed by atoms with Crippen LogP contribution in [0.3, 0.4) is 0 Å². The molecule has 0 amide bonds. The zero-order valence-corrected chi connectivity index (χ0v) is 11.4. The van der Waals surface area contributed by atoms with Crippen LogP contribution in [0.4, 0.5) is 0 Å². The number of nitrogens with one attached hydrogen (secondary N) is 1. The minimum Gasteiger partial charge on any atom is -0.412 e. The number of hydrogen-bond acceptors (Lipinski definition) is 2. The van der Waals surface area contributed by atoms with E-state index in [0.29, 0.717) is 4.32 Å². The Hall–Kier alpha value is 0.0700. The maximum absolute atomic E-state index is 4.50. The van der Waals surface area contributed by atoms with Gasteiger partial charge >= 0.3 is 0 Å². The van der Waals surface area contributed by atoms with Crippen molar-refractivity contribution < 1.29 is 5.73 Å². The molecule has 0 aromatic heterocycles. The Kier molecular flexibility index (Phi) is 10.6. The van der Waals surface area contributed by atoms with Crippen LogP contribution >= 0.6 is 12.2 Å². The Bertz CT molecular complexity index is 154. The summed E-state index contributed by atoms with van der Waals surface area (Å²) in [7, 11) is 0. The first-order valence-electron chi connectivity index (χ1n) is 5.94. The van der Waals surface area contributed by atoms with Gasteiger partial charge in [0.2, 0.25) is 0 Å². The second-order valence-electron chi connectivity index (χ2n) is 3.96. The molecule has 90 valence electrons. The highest BCUT2D eigenvalue weighted by atomic mass is 32.1. The lowest BCUT2D eigenvalue weighted by atomic mass is 9.87. The topological polar surface area (TPSA) is 39.7 Å². The predicted octanol–water partition coefficient (Wildman–Crippen LogP) is 1.63. The second kappa shape index (κ2) is 10.6. The van der Waals surface area contributed by atoms with Gasteiger partial charge in [-0.2, -0.15) is 0 Å². The summed E-state index contributed by atoms with van der Waals surface area (Å²) in [6.07, 6.45) is 8.77. The predicted molar refractivity (Wildman–Crippen MR) is 72.6 cm³/mol. The zero-order valence-electron chi connectivity index (χ0n) is 9.76. The average molecular weight is 248 g/mol. The molecule has 0 aromatic carbocycles. The van der Waals surface area contributed by atoms with Crippen LogP contribution in [0, 0.1) is 5.92 Å². The molecule has 0 aliphatic heterocycles. The van der Waals surface area contributed by atoms with Crippen molar-refractivity contribution in [3.63, 3.8) is 0 Å². The molecule has 0 radical (unpaired) electrons. The van der Waals surface area contributed by atoms with Crippen LogP contribution in [-0.4, -0.2) is 17.4 Å². The van der Waals surface area contributed by atoms with Gasteiger partial charge in [-0.25, -0.2) is 0 Å². The van der Waals surface area contributed by atoms with E-state index in [9.17, 15) is 0 Å². The first-order chi connectivity index (χ1) is 7.20.